The highest BCUT2D eigenvalue weighted by Gasteiger charge is 2.20. The molecule has 5 nitrogen and oxygen atoms in total. The van der Waals surface area contributed by atoms with Crippen molar-refractivity contribution in [1.29, 1.82) is 0 Å². The number of hydrogen-bond acceptors (Lipinski definition) is 4. The van der Waals surface area contributed by atoms with Gasteiger partial charge in [-0.1, -0.05) is 20.8 Å². The second-order valence-electron chi connectivity index (χ2n) is 7.01. The van der Waals surface area contributed by atoms with E-state index in [-0.39, 0.29) is 12.0 Å². The third-order valence-corrected chi connectivity index (χ3v) is 3.57. The summed E-state index contributed by atoms with van der Waals surface area (Å²) in [5, 5.41) is 2.81. The van der Waals surface area contributed by atoms with Crippen molar-refractivity contribution in [2.24, 2.45) is 5.41 Å². The van der Waals surface area contributed by atoms with Gasteiger partial charge >= 0.3 is 0 Å². The van der Waals surface area contributed by atoms with Crippen LogP contribution in [0.1, 0.15) is 40.5 Å². The molecule has 21 heavy (non-hydrogen) atoms. The number of carbonyl (C=O) groups excluding carboxylic acids is 1. The van der Waals surface area contributed by atoms with Crippen molar-refractivity contribution in [3.05, 3.63) is 0 Å². The fourth-order valence-corrected chi connectivity index (χ4v) is 2.36. The van der Waals surface area contributed by atoms with E-state index < -0.39 is 0 Å². The summed E-state index contributed by atoms with van der Waals surface area (Å²) in [6.07, 6.45) is 2.42. The maximum atomic E-state index is 10.9. The minimum Gasteiger partial charge on any atom is -0.380 e. The van der Waals surface area contributed by atoms with Crippen LogP contribution < -0.4 is 5.32 Å². The van der Waals surface area contributed by atoms with E-state index in [0.29, 0.717) is 12.0 Å². The quantitative estimate of drug-likeness (QED) is 0.693. The number of carbonyl (C=O) groups is 1. The molecule has 0 spiro atoms. The van der Waals surface area contributed by atoms with Gasteiger partial charge in [0.2, 0.25) is 5.91 Å². The van der Waals surface area contributed by atoms with E-state index in [4.69, 9.17) is 9.47 Å². The molecule has 5 heteroatoms. The lowest BCUT2D eigenvalue weighted by molar-refractivity contribution is -0.120. The molecular formula is C16H32N2O3. The van der Waals surface area contributed by atoms with Crippen molar-refractivity contribution in [2.45, 2.75) is 46.6 Å². The first-order valence-corrected chi connectivity index (χ1v) is 8.03. The van der Waals surface area contributed by atoms with Crippen molar-refractivity contribution in [2.75, 3.05) is 46.0 Å². The molecule has 0 aromatic carbocycles. The Morgan fingerprint density at radius 3 is 2.81 bits per heavy atom. The Balaban J connectivity index is 2.05. The molecule has 124 valence electrons. The van der Waals surface area contributed by atoms with Gasteiger partial charge in [0.15, 0.2) is 0 Å². The van der Waals surface area contributed by atoms with Gasteiger partial charge in [0, 0.05) is 39.7 Å². The van der Waals surface area contributed by atoms with Crippen molar-refractivity contribution in [3.63, 3.8) is 0 Å². The molecule has 0 aromatic rings. The molecule has 1 saturated heterocycles. The summed E-state index contributed by atoms with van der Waals surface area (Å²) in [6.45, 7) is 14.0. The Labute approximate surface area is 129 Å². The summed E-state index contributed by atoms with van der Waals surface area (Å²) in [6, 6.07) is 0. The zero-order chi connectivity index (χ0) is 15.7. The van der Waals surface area contributed by atoms with Gasteiger partial charge in [-0.05, 0) is 18.3 Å². The fraction of sp³-hybridized carbons (Fsp3) is 0.938. The lowest BCUT2D eigenvalue weighted by Crippen LogP contribution is -2.48. The Hall–Kier alpha value is -0.650. The number of hydrogen-bond donors (Lipinski definition) is 1. The molecule has 0 aromatic heterocycles. The fourth-order valence-electron chi connectivity index (χ4n) is 2.36. The molecular weight excluding hydrogens is 268 g/mol. The van der Waals surface area contributed by atoms with Gasteiger partial charge in [-0.3, -0.25) is 9.69 Å². The molecule has 0 saturated carbocycles. The minimum atomic E-state index is -0.00194. The summed E-state index contributed by atoms with van der Waals surface area (Å²) in [5.41, 5.74) is 0.393. The molecule has 0 aliphatic carbocycles. The largest absolute Gasteiger partial charge is 0.380 e. The standard InChI is InChI=1S/C16H32N2O3/c1-14(19)17-12-15-13-18(8-11-21-15)7-10-20-9-5-6-16(2,3)4/h15H,5-13H2,1-4H3,(H,17,19). The lowest BCUT2D eigenvalue weighted by atomic mass is 9.91. The third kappa shape index (κ3) is 9.82. The zero-order valence-corrected chi connectivity index (χ0v) is 14.1. The van der Waals surface area contributed by atoms with Crippen LogP contribution in [0.5, 0.6) is 0 Å². The number of nitrogens with one attached hydrogen (secondary N) is 1. The highest BCUT2D eigenvalue weighted by atomic mass is 16.5. The van der Waals surface area contributed by atoms with Gasteiger partial charge in [0.25, 0.3) is 0 Å². The number of morpholine rings is 1. The van der Waals surface area contributed by atoms with Crippen LogP contribution in [0.4, 0.5) is 0 Å². The number of ether oxygens (including phenoxy) is 2. The first-order chi connectivity index (χ1) is 9.87. The van der Waals surface area contributed by atoms with Crippen molar-refractivity contribution in [3.8, 4) is 0 Å². The summed E-state index contributed by atoms with van der Waals surface area (Å²) < 4.78 is 11.4. The van der Waals surface area contributed by atoms with Crippen LogP contribution in [0.15, 0.2) is 0 Å². The van der Waals surface area contributed by atoms with Gasteiger partial charge in [-0.25, -0.2) is 0 Å². The normalized spacial score (nSPS) is 20.5. The van der Waals surface area contributed by atoms with Crippen molar-refractivity contribution >= 4 is 5.91 Å². The van der Waals surface area contributed by atoms with Crippen LogP contribution in [-0.2, 0) is 14.3 Å². The molecule has 1 aliphatic rings. The van der Waals surface area contributed by atoms with E-state index in [9.17, 15) is 4.79 Å². The number of rotatable bonds is 8. The van der Waals surface area contributed by atoms with E-state index in [1.807, 2.05) is 0 Å². The molecule has 1 unspecified atom stereocenters. The van der Waals surface area contributed by atoms with Crippen LogP contribution in [0.2, 0.25) is 0 Å². The van der Waals surface area contributed by atoms with E-state index in [0.717, 1.165) is 45.9 Å². The van der Waals surface area contributed by atoms with Gasteiger partial charge in [-0.2, -0.15) is 0 Å². The zero-order valence-electron chi connectivity index (χ0n) is 14.1. The molecule has 1 rings (SSSR count). The maximum absolute atomic E-state index is 10.9. The van der Waals surface area contributed by atoms with E-state index in [2.05, 4.69) is 31.0 Å². The third-order valence-electron chi connectivity index (χ3n) is 3.57. The Bertz CT molecular complexity index is 302. The summed E-state index contributed by atoms with van der Waals surface area (Å²) in [5.74, 6) is -0.00194. The molecule has 1 amide bonds. The predicted octanol–water partition coefficient (Wildman–Crippen LogP) is 1.67. The minimum absolute atomic E-state index is 0.00194. The average Bonchev–Trinajstić information content (AvgIpc) is 2.40. The van der Waals surface area contributed by atoms with Gasteiger partial charge in [0.1, 0.15) is 0 Å². The molecule has 0 radical (unpaired) electrons. The second-order valence-corrected chi connectivity index (χ2v) is 7.01. The van der Waals surface area contributed by atoms with Gasteiger partial charge < -0.3 is 14.8 Å². The molecule has 1 fully saturated rings. The average molecular weight is 300 g/mol. The summed E-state index contributed by atoms with van der Waals surface area (Å²) in [7, 11) is 0. The SMILES string of the molecule is CC(=O)NCC1CN(CCOCCCC(C)(C)C)CCO1. The lowest BCUT2D eigenvalue weighted by Gasteiger charge is -2.32. The van der Waals surface area contributed by atoms with Crippen LogP contribution in [0, 0.1) is 5.41 Å². The number of amides is 1. The van der Waals surface area contributed by atoms with Crippen LogP contribution in [0.3, 0.4) is 0 Å². The van der Waals surface area contributed by atoms with Crippen LogP contribution in [-0.4, -0.2) is 62.9 Å². The Morgan fingerprint density at radius 1 is 1.38 bits per heavy atom. The highest BCUT2D eigenvalue weighted by molar-refractivity contribution is 5.72. The Kier molecular flexibility index (Phi) is 8.22. The highest BCUT2D eigenvalue weighted by Crippen LogP contribution is 2.20. The maximum Gasteiger partial charge on any atom is 0.216 e. The number of nitrogens with zero attached hydrogens (tertiary/aromatic N) is 1. The first-order valence-electron chi connectivity index (χ1n) is 8.03. The molecule has 1 N–H and O–H groups in total. The summed E-state index contributed by atoms with van der Waals surface area (Å²) >= 11 is 0. The second kappa shape index (κ2) is 9.38. The predicted molar refractivity (Wildman–Crippen MR) is 84.4 cm³/mol. The van der Waals surface area contributed by atoms with Gasteiger partial charge in [0.05, 0.1) is 19.3 Å². The monoisotopic (exact) mass is 300 g/mol. The topological polar surface area (TPSA) is 50.8 Å². The van der Waals surface area contributed by atoms with E-state index in [1.54, 1.807) is 0 Å². The smallest absolute Gasteiger partial charge is 0.216 e. The van der Waals surface area contributed by atoms with Gasteiger partial charge in [-0.15, -0.1) is 0 Å². The van der Waals surface area contributed by atoms with Crippen molar-refractivity contribution < 1.29 is 14.3 Å². The Morgan fingerprint density at radius 2 is 2.14 bits per heavy atom. The molecule has 1 aliphatic heterocycles. The molecule has 1 atom stereocenters. The van der Waals surface area contributed by atoms with E-state index >= 15 is 0 Å². The molecule has 0 bridgehead atoms. The molecule has 1 heterocycles. The summed E-state index contributed by atoms with van der Waals surface area (Å²) in [4.78, 5) is 13.3. The van der Waals surface area contributed by atoms with Crippen LogP contribution in [0.25, 0.3) is 0 Å². The van der Waals surface area contributed by atoms with Crippen LogP contribution >= 0.6 is 0 Å². The van der Waals surface area contributed by atoms with Crippen molar-refractivity contribution in [1.82, 2.24) is 10.2 Å². The van der Waals surface area contributed by atoms with E-state index in [1.165, 1.54) is 13.3 Å². The first kappa shape index (κ1) is 18.4.